The normalized spacial score (nSPS) is 30.1. The number of aromatic hydroxyl groups is 1. The molecule has 1 aromatic rings. The lowest BCUT2D eigenvalue weighted by Gasteiger charge is -2.42. The van der Waals surface area contributed by atoms with Gasteiger partial charge in [0, 0.05) is 28.2 Å². The summed E-state index contributed by atoms with van der Waals surface area (Å²) < 4.78 is 14.2. The predicted octanol–water partition coefficient (Wildman–Crippen LogP) is 2.35. The molecular formula is C23H18FNO6. The van der Waals surface area contributed by atoms with Crippen molar-refractivity contribution in [1.29, 1.82) is 0 Å². The van der Waals surface area contributed by atoms with E-state index in [4.69, 9.17) is 0 Å². The molecule has 0 radical (unpaired) electrons. The number of carbonyl (C=O) groups is 4. The van der Waals surface area contributed by atoms with Crippen LogP contribution in [0.2, 0.25) is 0 Å². The Hall–Kier alpha value is -3.39. The summed E-state index contributed by atoms with van der Waals surface area (Å²) in [7, 11) is 0. The van der Waals surface area contributed by atoms with Gasteiger partial charge in [-0.3, -0.25) is 24.4 Å². The van der Waals surface area contributed by atoms with Gasteiger partial charge in [0.15, 0.2) is 23.1 Å². The van der Waals surface area contributed by atoms with Gasteiger partial charge in [0.2, 0.25) is 0 Å². The standard InChI is InChI=1S/C23H18FNO6/c1-9-7-16(26)19-14(20(9)27)8-13-10(17(19)11-3-2-4-15(24)21(11)28)5-6-12-18(13)23(30)25(31)22(12)29/h2-5,7,12-13,17-18,28,31H,6,8H2,1H3. The Balaban J connectivity index is 1.75. The van der Waals surface area contributed by atoms with Crippen molar-refractivity contribution in [3.05, 3.63) is 64.0 Å². The number of phenols is 1. The number of hydroxylamine groups is 2. The molecule has 0 aromatic heterocycles. The Labute approximate surface area is 176 Å². The van der Waals surface area contributed by atoms with Gasteiger partial charge in [-0.05, 0) is 37.8 Å². The fourth-order valence-electron chi connectivity index (χ4n) is 5.49. The average Bonchev–Trinajstić information content (AvgIpc) is 2.97. The molecular weight excluding hydrogens is 405 g/mol. The van der Waals surface area contributed by atoms with Crippen LogP contribution >= 0.6 is 0 Å². The van der Waals surface area contributed by atoms with Crippen LogP contribution in [-0.2, 0) is 19.2 Å². The molecule has 4 atom stereocenters. The molecule has 1 aromatic carbocycles. The molecule has 3 aliphatic carbocycles. The SMILES string of the molecule is CC1=CC(=O)C2=C(CC3C(=CCC4C(=O)N(O)C(=O)C43)C2c2cccc(F)c2O)C1=O. The first-order valence-corrected chi connectivity index (χ1v) is 9.96. The van der Waals surface area contributed by atoms with E-state index in [0.29, 0.717) is 5.57 Å². The third-order valence-corrected chi connectivity index (χ3v) is 6.87. The van der Waals surface area contributed by atoms with Crippen LogP contribution in [0, 0.1) is 23.6 Å². The number of fused-ring (bicyclic) bond motifs is 3. The van der Waals surface area contributed by atoms with Crippen molar-refractivity contribution in [2.75, 3.05) is 0 Å². The van der Waals surface area contributed by atoms with Crippen LogP contribution in [-0.4, -0.2) is 38.8 Å². The summed E-state index contributed by atoms with van der Waals surface area (Å²) in [6, 6.07) is 3.96. The second-order valence-electron chi connectivity index (χ2n) is 8.39. The van der Waals surface area contributed by atoms with Crippen molar-refractivity contribution in [2.45, 2.75) is 25.7 Å². The zero-order valence-electron chi connectivity index (χ0n) is 16.5. The number of hydrogen-bond donors (Lipinski definition) is 2. The molecule has 8 heteroatoms. The van der Waals surface area contributed by atoms with Crippen molar-refractivity contribution < 1.29 is 33.9 Å². The van der Waals surface area contributed by atoms with Gasteiger partial charge in [0.05, 0.1) is 11.8 Å². The van der Waals surface area contributed by atoms with Gasteiger partial charge >= 0.3 is 0 Å². The second kappa shape index (κ2) is 6.55. The van der Waals surface area contributed by atoms with Crippen LogP contribution < -0.4 is 0 Å². The fraction of sp³-hybridized carbons (Fsp3) is 0.304. The lowest BCUT2D eigenvalue weighted by atomic mass is 9.59. The highest BCUT2D eigenvalue weighted by atomic mass is 19.1. The largest absolute Gasteiger partial charge is 0.505 e. The van der Waals surface area contributed by atoms with Crippen molar-refractivity contribution in [1.82, 2.24) is 5.06 Å². The summed E-state index contributed by atoms with van der Waals surface area (Å²) in [5, 5.41) is 20.5. The quantitative estimate of drug-likeness (QED) is 0.310. The average molecular weight is 423 g/mol. The van der Waals surface area contributed by atoms with Crippen molar-refractivity contribution in [3.8, 4) is 5.75 Å². The van der Waals surface area contributed by atoms with E-state index < -0.39 is 52.8 Å². The smallest absolute Gasteiger partial charge is 0.257 e. The maximum absolute atomic E-state index is 14.2. The zero-order valence-corrected chi connectivity index (χ0v) is 16.5. The van der Waals surface area contributed by atoms with Crippen LogP contribution in [0.3, 0.4) is 0 Å². The minimum absolute atomic E-state index is 0.0531. The number of halogens is 1. The van der Waals surface area contributed by atoms with Crippen LogP contribution in [0.5, 0.6) is 5.75 Å². The molecule has 1 fully saturated rings. The number of carbonyl (C=O) groups excluding carboxylic acids is 4. The Bertz CT molecular complexity index is 1190. The first-order chi connectivity index (χ1) is 14.7. The number of benzene rings is 1. The number of allylic oxidation sites excluding steroid dienone is 6. The number of para-hydroxylation sites is 1. The second-order valence-corrected chi connectivity index (χ2v) is 8.39. The van der Waals surface area contributed by atoms with E-state index in [1.165, 1.54) is 25.1 Å². The minimum atomic E-state index is -0.929. The van der Waals surface area contributed by atoms with E-state index in [1.807, 2.05) is 0 Å². The summed E-state index contributed by atoms with van der Waals surface area (Å²) in [6.45, 7) is 1.52. The lowest BCUT2D eigenvalue weighted by molar-refractivity contribution is -0.173. The zero-order chi connectivity index (χ0) is 22.2. The van der Waals surface area contributed by atoms with Crippen LogP contribution in [0.4, 0.5) is 4.39 Å². The number of Topliss-reactive ketones (excluding diaryl/α,β-unsaturated/α-hetero) is 1. The highest BCUT2D eigenvalue weighted by molar-refractivity contribution is 6.23. The predicted molar refractivity (Wildman–Crippen MR) is 103 cm³/mol. The Kier molecular flexibility index (Phi) is 4.14. The lowest BCUT2D eigenvalue weighted by Crippen LogP contribution is -2.39. The number of imide groups is 1. The van der Waals surface area contributed by atoms with Gasteiger partial charge in [0.25, 0.3) is 11.8 Å². The van der Waals surface area contributed by atoms with E-state index in [1.54, 1.807) is 6.08 Å². The maximum atomic E-state index is 14.2. The molecule has 0 saturated carbocycles. The summed E-state index contributed by atoms with van der Waals surface area (Å²) >= 11 is 0. The molecule has 1 heterocycles. The van der Waals surface area contributed by atoms with Crippen LogP contribution in [0.25, 0.3) is 0 Å². The summed E-state index contributed by atoms with van der Waals surface area (Å²) in [5.74, 6) is -6.92. The highest BCUT2D eigenvalue weighted by Crippen LogP contribution is 2.55. The number of rotatable bonds is 1. The third kappa shape index (κ3) is 2.54. The van der Waals surface area contributed by atoms with E-state index in [0.717, 1.165) is 6.07 Å². The van der Waals surface area contributed by atoms with E-state index >= 15 is 0 Å². The van der Waals surface area contributed by atoms with Gasteiger partial charge in [-0.1, -0.05) is 23.8 Å². The molecule has 4 unspecified atom stereocenters. The molecule has 5 rings (SSSR count). The first-order valence-electron chi connectivity index (χ1n) is 9.96. The monoisotopic (exact) mass is 423 g/mol. The van der Waals surface area contributed by atoms with Gasteiger partial charge in [0.1, 0.15) is 0 Å². The Morgan fingerprint density at radius 2 is 1.84 bits per heavy atom. The molecule has 2 amide bonds. The van der Waals surface area contributed by atoms with Gasteiger partial charge in [-0.2, -0.15) is 5.06 Å². The molecule has 1 saturated heterocycles. The number of hydrogen-bond acceptors (Lipinski definition) is 6. The fourth-order valence-corrected chi connectivity index (χ4v) is 5.49. The summed E-state index contributed by atoms with van der Waals surface area (Å²) in [5.41, 5.74) is 1.32. The molecule has 0 spiro atoms. The van der Waals surface area contributed by atoms with Crippen LogP contribution in [0.15, 0.2) is 52.6 Å². The Morgan fingerprint density at radius 1 is 1.10 bits per heavy atom. The van der Waals surface area contributed by atoms with Crippen LogP contribution in [0.1, 0.15) is 31.2 Å². The third-order valence-electron chi connectivity index (χ3n) is 6.87. The Morgan fingerprint density at radius 3 is 2.58 bits per heavy atom. The molecule has 2 N–H and O–H groups in total. The maximum Gasteiger partial charge on any atom is 0.257 e. The number of amides is 2. The summed E-state index contributed by atoms with van der Waals surface area (Å²) in [6.07, 6.45) is 3.16. The first kappa shape index (κ1) is 19.6. The molecule has 158 valence electrons. The highest BCUT2D eigenvalue weighted by Gasteiger charge is 2.56. The van der Waals surface area contributed by atoms with Crippen molar-refractivity contribution in [3.63, 3.8) is 0 Å². The van der Waals surface area contributed by atoms with E-state index in [-0.39, 0.29) is 46.0 Å². The van der Waals surface area contributed by atoms with Gasteiger partial charge in [-0.15, -0.1) is 0 Å². The minimum Gasteiger partial charge on any atom is -0.505 e. The molecule has 4 aliphatic rings. The van der Waals surface area contributed by atoms with E-state index in [9.17, 15) is 33.9 Å². The van der Waals surface area contributed by atoms with Gasteiger partial charge < -0.3 is 5.11 Å². The molecule has 31 heavy (non-hydrogen) atoms. The van der Waals surface area contributed by atoms with Gasteiger partial charge in [-0.25, -0.2) is 4.39 Å². The number of phenolic OH excluding ortho intramolecular Hbond substituents is 1. The van der Waals surface area contributed by atoms with Crippen molar-refractivity contribution in [2.24, 2.45) is 17.8 Å². The summed E-state index contributed by atoms with van der Waals surface area (Å²) in [4.78, 5) is 50.9. The van der Waals surface area contributed by atoms with E-state index in [2.05, 4.69) is 0 Å². The van der Waals surface area contributed by atoms with Crippen molar-refractivity contribution >= 4 is 23.4 Å². The number of ketones is 2. The topological polar surface area (TPSA) is 112 Å². The molecule has 1 aliphatic heterocycles. The molecule has 0 bridgehead atoms. The molecule has 7 nitrogen and oxygen atoms in total. The number of nitrogens with zero attached hydrogens (tertiary/aromatic N) is 1.